The summed E-state index contributed by atoms with van der Waals surface area (Å²) in [6.07, 6.45) is 7.56. The van der Waals surface area contributed by atoms with Gasteiger partial charge in [-0.25, -0.2) is 4.98 Å². The molecule has 0 bridgehead atoms. The maximum absolute atomic E-state index is 4.42. The number of aromatic nitrogens is 2. The molecule has 0 atom stereocenters. The first-order valence-electron chi connectivity index (χ1n) is 7.97. The third-order valence-corrected chi connectivity index (χ3v) is 5.02. The minimum absolute atomic E-state index is 0.121. The van der Waals surface area contributed by atoms with Crippen LogP contribution in [0, 0.1) is 0 Å². The molecule has 1 heterocycles. The van der Waals surface area contributed by atoms with Crippen LogP contribution in [0.15, 0.2) is 54.9 Å². The second kappa shape index (κ2) is 5.25. The summed E-state index contributed by atoms with van der Waals surface area (Å²) in [6, 6.07) is 15.5. The first kappa shape index (κ1) is 13.5. The van der Waals surface area contributed by atoms with Gasteiger partial charge in [-0.2, -0.15) is 0 Å². The third-order valence-electron chi connectivity index (χ3n) is 5.02. The summed E-state index contributed by atoms with van der Waals surface area (Å²) in [5, 5.41) is 6.41. The number of nitrogens with one attached hydrogen (secondary N) is 1. The molecular weight excluding hydrogens is 270 g/mol. The van der Waals surface area contributed by atoms with E-state index in [0.29, 0.717) is 0 Å². The molecule has 0 saturated heterocycles. The Balaban J connectivity index is 1.63. The lowest BCUT2D eigenvalue weighted by Gasteiger charge is -2.43. The zero-order valence-corrected chi connectivity index (χ0v) is 12.9. The number of benzene rings is 2. The highest BCUT2D eigenvalue weighted by molar-refractivity contribution is 5.83. The van der Waals surface area contributed by atoms with Gasteiger partial charge in [-0.1, -0.05) is 36.4 Å². The number of hydrogen-bond acceptors (Lipinski definition) is 2. The second-order valence-electron chi connectivity index (χ2n) is 6.31. The molecule has 2 aromatic carbocycles. The summed E-state index contributed by atoms with van der Waals surface area (Å²) in [7, 11) is 2.05. The van der Waals surface area contributed by atoms with E-state index in [1.165, 1.54) is 35.6 Å². The summed E-state index contributed by atoms with van der Waals surface area (Å²) in [5.41, 5.74) is 1.53. The Bertz CT molecular complexity index is 799. The van der Waals surface area contributed by atoms with Crippen LogP contribution in [0.3, 0.4) is 0 Å². The van der Waals surface area contributed by atoms with E-state index in [0.717, 1.165) is 12.4 Å². The Morgan fingerprint density at radius 2 is 1.95 bits per heavy atom. The van der Waals surface area contributed by atoms with Crippen molar-refractivity contribution in [1.29, 1.82) is 0 Å². The van der Waals surface area contributed by atoms with Crippen LogP contribution in [0.2, 0.25) is 0 Å². The van der Waals surface area contributed by atoms with Gasteiger partial charge >= 0.3 is 0 Å². The quantitative estimate of drug-likeness (QED) is 0.793. The summed E-state index contributed by atoms with van der Waals surface area (Å²) >= 11 is 0. The predicted octanol–water partition coefficient (Wildman–Crippen LogP) is 3.74. The molecule has 22 heavy (non-hydrogen) atoms. The third kappa shape index (κ3) is 2.22. The van der Waals surface area contributed by atoms with Gasteiger partial charge in [-0.15, -0.1) is 0 Å². The van der Waals surface area contributed by atoms with Gasteiger partial charge in [0.25, 0.3) is 0 Å². The number of rotatable bonds is 4. The molecule has 3 nitrogen and oxygen atoms in total. The highest BCUT2D eigenvalue weighted by atomic mass is 15.1. The Hall–Kier alpha value is -2.13. The second-order valence-corrected chi connectivity index (χ2v) is 6.31. The van der Waals surface area contributed by atoms with Crippen molar-refractivity contribution in [3.63, 3.8) is 0 Å². The topological polar surface area (TPSA) is 29.9 Å². The van der Waals surface area contributed by atoms with Crippen LogP contribution in [0.5, 0.6) is 0 Å². The SMILES string of the molecule is Cn1ccnc1CNC1(c2ccc3ccccc3c2)CCC1. The lowest BCUT2D eigenvalue weighted by atomic mass is 9.71. The highest BCUT2D eigenvalue weighted by Gasteiger charge is 2.38. The van der Waals surface area contributed by atoms with Crippen LogP contribution in [0.25, 0.3) is 10.8 Å². The molecular formula is C19H21N3. The Morgan fingerprint density at radius 1 is 1.14 bits per heavy atom. The number of aryl methyl sites for hydroxylation is 1. The fourth-order valence-corrected chi connectivity index (χ4v) is 3.40. The average Bonchev–Trinajstić information content (AvgIpc) is 2.91. The van der Waals surface area contributed by atoms with Gasteiger partial charge < -0.3 is 9.88 Å². The van der Waals surface area contributed by atoms with Crippen molar-refractivity contribution < 1.29 is 0 Å². The lowest BCUT2D eigenvalue weighted by Crippen LogP contribution is -2.47. The first-order chi connectivity index (χ1) is 10.8. The zero-order valence-electron chi connectivity index (χ0n) is 12.9. The molecule has 1 aromatic heterocycles. The first-order valence-corrected chi connectivity index (χ1v) is 7.97. The zero-order chi connectivity index (χ0) is 15.0. The van der Waals surface area contributed by atoms with Crippen molar-refractivity contribution in [2.45, 2.75) is 31.3 Å². The molecule has 0 spiro atoms. The van der Waals surface area contributed by atoms with Gasteiger partial charge in [-0.3, -0.25) is 0 Å². The molecule has 0 unspecified atom stereocenters. The lowest BCUT2D eigenvalue weighted by molar-refractivity contribution is 0.181. The Morgan fingerprint density at radius 3 is 2.64 bits per heavy atom. The van der Waals surface area contributed by atoms with E-state index < -0.39 is 0 Å². The maximum Gasteiger partial charge on any atom is 0.122 e. The monoisotopic (exact) mass is 291 g/mol. The van der Waals surface area contributed by atoms with E-state index >= 15 is 0 Å². The van der Waals surface area contributed by atoms with Gasteiger partial charge in [0.05, 0.1) is 6.54 Å². The van der Waals surface area contributed by atoms with Crippen LogP contribution in [-0.2, 0) is 19.1 Å². The molecule has 1 N–H and O–H groups in total. The largest absolute Gasteiger partial charge is 0.337 e. The van der Waals surface area contributed by atoms with Crippen LogP contribution in [0.4, 0.5) is 0 Å². The van der Waals surface area contributed by atoms with Crippen molar-refractivity contribution >= 4 is 10.8 Å². The smallest absolute Gasteiger partial charge is 0.122 e. The van der Waals surface area contributed by atoms with Crippen molar-refractivity contribution in [2.75, 3.05) is 0 Å². The molecule has 3 heteroatoms. The minimum Gasteiger partial charge on any atom is -0.337 e. The van der Waals surface area contributed by atoms with Crippen molar-refractivity contribution in [2.24, 2.45) is 7.05 Å². The minimum atomic E-state index is 0.121. The van der Waals surface area contributed by atoms with Gasteiger partial charge in [0.15, 0.2) is 0 Å². The summed E-state index contributed by atoms with van der Waals surface area (Å²) in [6.45, 7) is 0.816. The number of fused-ring (bicyclic) bond motifs is 1. The molecule has 0 radical (unpaired) electrons. The van der Waals surface area contributed by atoms with Gasteiger partial charge in [0, 0.05) is 25.0 Å². The summed E-state index contributed by atoms with van der Waals surface area (Å²) in [5.74, 6) is 1.09. The Kier molecular flexibility index (Phi) is 3.23. The van der Waals surface area contributed by atoms with E-state index in [1.54, 1.807) is 0 Å². The van der Waals surface area contributed by atoms with Crippen molar-refractivity contribution in [1.82, 2.24) is 14.9 Å². The average molecular weight is 291 g/mol. The van der Waals surface area contributed by atoms with E-state index in [9.17, 15) is 0 Å². The van der Waals surface area contributed by atoms with Gasteiger partial charge in [0.2, 0.25) is 0 Å². The fourth-order valence-electron chi connectivity index (χ4n) is 3.40. The van der Waals surface area contributed by atoms with E-state index in [4.69, 9.17) is 0 Å². The standard InChI is InChI=1S/C19H21N3/c1-22-12-11-20-18(22)14-21-19(9-4-10-19)17-8-7-15-5-2-3-6-16(15)13-17/h2-3,5-8,11-13,21H,4,9-10,14H2,1H3. The molecule has 0 amide bonds. The van der Waals surface area contributed by atoms with E-state index in [1.807, 2.05) is 19.4 Å². The number of imidazole rings is 1. The number of hydrogen-bond donors (Lipinski definition) is 1. The molecule has 112 valence electrons. The number of nitrogens with zero attached hydrogens (tertiary/aromatic N) is 2. The van der Waals surface area contributed by atoms with Crippen LogP contribution >= 0.6 is 0 Å². The fraction of sp³-hybridized carbons (Fsp3) is 0.316. The van der Waals surface area contributed by atoms with E-state index in [2.05, 4.69) is 57.3 Å². The maximum atomic E-state index is 4.42. The van der Waals surface area contributed by atoms with Gasteiger partial charge in [0.1, 0.15) is 5.82 Å². The molecule has 1 aliphatic rings. The Labute approximate surface area is 131 Å². The molecule has 1 saturated carbocycles. The normalized spacial score (nSPS) is 16.6. The highest BCUT2D eigenvalue weighted by Crippen LogP contribution is 2.42. The van der Waals surface area contributed by atoms with Gasteiger partial charge in [-0.05, 0) is 41.7 Å². The molecule has 0 aliphatic heterocycles. The summed E-state index contributed by atoms with van der Waals surface area (Å²) in [4.78, 5) is 4.42. The van der Waals surface area contributed by atoms with Crippen molar-refractivity contribution in [3.8, 4) is 0 Å². The van der Waals surface area contributed by atoms with Crippen LogP contribution in [0.1, 0.15) is 30.7 Å². The molecule has 1 aliphatic carbocycles. The van der Waals surface area contributed by atoms with Crippen molar-refractivity contribution in [3.05, 3.63) is 66.2 Å². The van der Waals surface area contributed by atoms with Crippen LogP contribution in [-0.4, -0.2) is 9.55 Å². The molecule has 4 rings (SSSR count). The van der Waals surface area contributed by atoms with E-state index in [-0.39, 0.29) is 5.54 Å². The summed E-state index contributed by atoms with van der Waals surface area (Å²) < 4.78 is 2.08. The molecule has 1 fully saturated rings. The predicted molar refractivity (Wildman–Crippen MR) is 89.5 cm³/mol. The molecule has 3 aromatic rings. The van der Waals surface area contributed by atoms with Crippen LogP contribution < -0.4 is 5.32 Å².